The lowest BCUT2D eigenvalue weighted by Gasteiger charge is -2.27. The molecule has 0 rings (SSSR count). The van der Waals surface area contributed by atoms with Gasteiger partial charge in [-0.1, -0.05) is 0 Å². The van der Waals surface area contributed by atoms with Crippen LogP contribution in [0.4, 0.5) is 0 Å². The summed E-state index contributed by atoms with van der Waals surface area (Å²) in [4.78, 5) is 0. The molecule has 0 aliphatic heterocycles. The summed E-state index contributed by atoms with van der Waals surface area (Å²) in [6.45, 7) is 4.61. The first-order chi connectivity index (χ1) is 6.94. The first-order valence-electron chi connectivity index (χ1n) is 4.67. The molecule has 0 N–H and O–H groups in total. The van der Waals surface area contributed by atoms with E-state index in [2.05, 4.69) is 0 Å². The molecule has 2 unspecified atom stereocenters. The van der Waals surface area contributed by atoms with Crippen molar-refractivity contribution in [2.75, 3.05) is 38.1 Å². The van der Waals surface area contributed by atoms with E-state index in [0.717, 1.165) is 0 Å². The quantitative estimate of drug-likeness (QED) is 0.509. The summed E-state index contributed by atoms with van der Waals surface area (Å²) in [6, 6.07) is 0. The largest absolute Gasteiger partial charge is 0.316 e. The molecule has 0 aromatic carbocycles. The van der Waals surface area contributed by atoms with Crippen LogP contribution in [0, 0.1) is 0 Å². The van der Waals surface area contributed by atoms with Crippen molar-refractivity contribution >= 4 is 42.3 Å². The number of hydrogen-bond donors (Lipinski definition) is 0. The van der Waals surface area contributed by atoms with Gasteiger partial charge < -0.3 is 4.52 Å². The molecule has 0 saturated heterocycles. The summed E-state index contributed by atoms with van der Waals surface area (Å²) < 4.78 is 19.1. The van der Waals surface area contributed by atoms with Crippen molar-refractivity contribution in [1.82, 2.24) is 4.67 Å². The smallest absolute Gasteiger partial charge is 0.269 e. The van der Waals surface area contributed by atoms with E-state index < -0.39 is 7.52 Å². The standard InChI is InChI=1S/C8H17Cl3NO2P/c1-8(11)7-14-15(2,13)12(5-3-9)6-4-10/h8H,3-7H2,1-2H3. The Hall–Kier alpha value is 1.02. The molecule has 0 aromatic rings. The highest BCUT2D eigenvalue weighted by Crippen LogP contribution is 2.46. The van der Waals surface area contributed by atoms with E-state index in [1.54, 1.807) is 18.3 Å². The third kappa shape index (κ3) is 7.04. The Balaban J connectivity index is 4.28. The van der Waals surface area contributed by atoms with Crippen LogP contribution >= 0.6 is 42.3 Å². The summed E-state index contributed by atoms with van der Waals surface area (Å²) in [5, 5.41) is -0.160. The highest BCUT2D eigenvalue weighted by atomic mass is 35.5. The Labute approximate surface area is 107 Å². The zero-order chi connectivity index (χ0) is 11.9. The molecule has 0 aliphatic carbocycles. The van der Waals surface area contributed by atoms with Crippen LogP contribution in [0.25, 0.3) is 0 Å². The van der Waals surface area contributed by atoms with Crippen molar-refractivity contribution in [1.29, 1.82) is 0 Å². The normalized spacial score (nSPS) is 17.7. The highest BCUT2D eigenvalue weighted by Gasteiger charge is 2.25. The predicted octanol–water partition coefficient (Wildman–Crippen LogP) is 3.23. The monoisotopic (exact) mass is 295 g/mol. The molecule has 0 aromatic heterocycles. The molecule has 0 saturated carbocycles. The van der Waals surface area contributed by atoms with Crippen molar-refractivity contribution in [3.05, 3.63) is 0 Å². The van der Waals surface area contributed by atoms with Crippen molar-refractivity contribution in [2.24, 2.45) is 0 Å². The van der Waals surface area contributed by atoms with Crippen molar-refractivity contribution in [2.45, 2.75) is 12.3 Å². The van der Waals surface area contributed by atoms with Gasteiger partial charge in [0.1, 0.15) is 0 Å². The summed E-state index contributed by atoms with van der Waals surface area (Å²) in [6.07, 6.45) is 0. The summed E-state index contributed by atoms with van der Waals surface area (Å²) in [5.41, 5.74) is 0. The zero-order valence-electron chi connectivity index (χ0n) is 8.96. The van der Waals surface area contributed by atoms with Gasteiger partial charge in [-0.15, -0.1) is 34.8 Å². The van der Waals surface area contributed by atoms with Gasteiger partial charge in [-0.25, -0.2) is 4.67 Å². The number of rotatable bonds is 8. The first kappa shape index (κ1) is 16.0. The van der Waals surface area contributed by atoms with Crippen LogP contribution < -0.4 is 0 Å². The van der Waals surface area contributed by atoms with E-state index >= 15 is 0 Å². The van der Waals surface area contributed by atoms with E-state index in [4.69, 9.17) is 39.3 Å². The fraction of sp³-hybridized carbons (Fsp3) is 1.00. The van der Waals surface area contributed by atoms with Crippen LogP contribution in [-0.2, 0) is 9.09 Å². The summed E-state index contributed by atoms with van der Waals surface area (Å²) >= 11 is 17.0. The average molecular weight is 297 g/mol. The fourth-order valence-electron chi connectivity index (χ4n) is 0.993. The maximum atomic E-state index is 12.1. The number of alkyl halides is 3. The second-order valence-electron chi connectivity index (χ2n) is 3.21. The van der Waals surface area contributed by atoms with Gasteiger partial charge in [0.15, 0.2) is 0 Å². The molecule has 3 nitrogen and oxygen atoms in total. The van der Waals surface area contributed by atoms with Crippen LogP contribution in [0.1, 0.15) is 6.92 Å². The van der Waals surface area contributed by atoms with E-state index in [1.165, 1.54) is 0 Å². The maximum Gasteiger partial charge on any atom is 0.269 e. The van der Waals surface area contributed by atoms with E-state index in [1.807, 2.05) is 0 Å². The Morgan fingerprint density at radius 3 is 2.13 bits per heavy atom. The number of hydrogen-bond acceptors (Lipinski definition) is 2. The SMILES string of the molecule is CC(Cl)COP(C)(=O)N(CCCl)CCCl. The molecule has 0 amide bonds. The summed E-state index contributed by atoms with van der Waals surface area (Å²) in [7, 11) is -2.81. The summed E-state index contributed by atoms with van der Waals surface area (Å²) in [5.74, 6) is 0.795. The third-order valence-corrected chi connectivity index (χ3v) is 4.26. The second kappa shape index (κ2) is 8.16. The minimum absolute atomic E-state index is 0.160. The second-order valence-corrected chi connectivity index (χ2v) is 7.14. The lowest BCUT2D eigenvalue weighted by Crippen LogP contribution is -2.26. The van der Waals surface area contributed by atoms with Gasteiger partial charge in [0, 0.05) is 31.5 Å². The first-order valence-corrected chi connectivity index (χ1v) is 8.20. The molecular formula is C8H17Cl3NO2P. The van der Waals surface area contributed by atoms with Crippen molar-refractivity contribution in [3.8, 4) is 0 Å². The molecule has 0 spiro atoms. The lowest BCUT2D eigenvalue weighted by molar-refractivity contribution is 0.272. The van der Waals surface area contributed by atoms with Crippen LogP contribution in [0.2, 0.25) is 0 Å². The lowest BCUT2D eigenvalue weighted by atomic mass is 10.5. The van der Waals surface area contributed by atoms with Crippen molar-refractivity contribution < 1.29 is 9.09 Å². The predicted molar refractivity (Wildman–Crippen MR) is 67.8 cm³/mol. The molecule has 2 atom stereocenters. The fourth-order valence-corrected chi connectivity index (χ4v) is 3.38. The van der Waals surface area contributed by atoms with Gasteiger partial charge in [0.05, 0.1) is 12.0 Å². The van der Waals surface area contributed by atoms with Gasteiger partial charge >= 0.3 is 0 Å². The van der Waals surface area contributed by atoms with Crippen LogP contribution in [0.3, 0.4) is 0 Å². The van der Waals surface area contributed by atoms with E-state index in [9.17, 15) is 4.57 Å². The van der Waals surface area contributed by atoms with Crippen LogP contribution in [0.5, 0.6) is 0 Å². The minimum atomic E-state index is -2.81. The molecule has 0 aliphatic rings. The third-order valence-electron chi connectivity index (χ3n) is 1.74. The van der Waals surface area contributed by atoms with Gasteiger partial charge in [0.25, 0.3) is 7.52 Å². The molecule has 0 radical (unpaired) electrons. The topological polar surface area (TPSA) is 29.5 Å². The Bertz CT molecular complexity index is 210. The molecule has 92 valence electrons. The molecule has 0 bridgehead atoms. The van der Waals surface area contributed by atoms with Crippen LogP contribution in [0.15, 0.2) is 0 Å². The van der Waals surface area contributed by atoms with E-state index in [0.29, 0.717) is 24.8 Å². The van der Waals surface area contributed by atoms with Crippen LogP contribution in [-0.4, -0.2) is 48.2 Å². The molecule has 0 heterocycles. The minimum Gasteiger partial charge on any atom is -0.316 e. The molecule has 7 heteroatoms. The Morgan fingerprint density at radius 2 is 1.80 bits per heavy atom. The number of nitrogens with zero attached hydrogens (tertiary/aromatic N) is 1. The van der Waals surface area contributed by atoms with Crippen molar-refractivity contribution in [3.63, 3.8) is 0 Å². The van der Waals surface area contributed by atoms with Gasteiger partial charge in [-0.3, -0.25) is 4.57 Å². The molecule has 0 fully saturated rings. The molecule has 15 heavy (non-hydrogen) atoms. The molecular weight excluding hydrogens is 279 g/mol. The number of halogens is 3. The van der Waals surface area contributed by atoms with Gasteiger partial charge in [-0.2, -0.15) is 0 Å². The average Bonchev–Trinajstić information content (AvgIpc) is 2.15. The van der Waals surface area contributed by atoms with E-state index in [-0.39, 0.29) is 12.0 Å². The maximum absolute atomic E-state index is 12.1. The Kier molecular flexibility index (Phi) is 8.72. The zero-order valence-corrected chi connectivity index (χ0v) is 12.1. The Morgan fingerprint density at radius 1 is 1.33 bits per heavy atom. The van der Waals surface area contributed by atoms with Gasteiger partial charge in [0.2, 0.25) is 0 Å². The highest BCUT2D eigenvalue weighted by molar-refractivity contribution is 7.55. The van der Waals surface area contributed by atoms with Gasteiger partial charge in [-0.05, 0) is 6.92 Å².